The first-order chi connectivity index (χ1) is 9.63. The van der Waals surface area contributed by atoms with Crippen LogP contribution >= 0.6 is 11.8 Å². The van der Waals surface area contributed by atoms with Gasteiger partial charge >= 0.3 is 0 Å². The first-order valence-electron chi connectivity index (χ1n) is 7.09. The minimum Gasteiger partial charge on any atom is -0.377 e. The number of hydrogen-bond donors (Lipinski definition) is 0. The van der Waals surface area contributed by atoms with E-state index in [4.69, 9.17) is 4.74 Å². The third-order valence-electron chi connectivity index (χ3n) is 3.91. The molecule has 20 heavy (non-hydrogen) atoms. The second kappa shape index (κ2) is 6.51. The van der Waals surface area contributed by atoms with Crippen molar-refractivity contribution in [3.05, 3.63) is 23.8 Å². The Kier molecular flexibility index (Phi) is 4.95. The molecule has 1 aliphatic rings. The molecule has 0 radical (unpaired) electrons. The largest absolute Gasteiger partial charge is 0.377 e. The van der Waals surface area contributed by atoms with E-state index < -0.39 is 0 Å². The summed E-state index contributed by atoms with van der Waals surface area (Å²) in [5, 5.41) is 9.52. The minimum absolute atomic E-state index is 0.112. The number of hydrogen-bond acceptors (Lipinski definition) is 4. The molecule has 1 aliphatic heterocycles. The average molecular weight is 290 g/mol. The Balaban J connectivity index is 2.33. The Morgan fingerprint density at radius 1 is 1.50 bits per heavy atom. The predicted molar refractivity (Wildman–Crippen MR) is 84.4 cm³/mol. The van der Waals surface area contributed by atoms with Crippen molar-refractivity contribution in [2.24, 2.45) is 0 Å². The van der Waals surface area contributed by atoms with Crippen LogP contribution in [0.25, 0.3) is 0 Å². The SMILES string of the molecule is CCSc1cccc(N2CCCC(C)(OC)C2)c1C#N. The topological polar surface area (TPSA) is 36.3 Å². The fourth-order valence-electron chi connectivity index (χ4n) is 2.75. The molecule has 1 atom stereocenters. The molecule has 2 rings (SSSR count). The van der Waals surface area contributed by atoms with Crippen molar-refractivity contribution < 1.29 is 4.74 Å². The van der Waals surface area contributed by atoms with E-state index in [0.717, 1.165) is 47.8 Å². The van der Waals surface area contributed by atoms with Crippen molar-refractivity contribution >= 4 is 17.4 Å². The second-order valence-electron chi connectivity index (χ2n) is 5.37. The number of nitriles is 1. The number of anilines is 1. The molecule has 0 amide bonds. The Hall–Kier alpha value is -1.18. The van der Waals surface area contributed by atoms with E-state index in [9.17, 15) is 5.26 Å². The van der Waals surface area contributed by atoms with Gasteiger partial charge in [-0.15, -0.1) is 11.8 Å². The van der Waals surface area contributed by atoms with Crippen LogP contribution in [0.2, 0.25) is 0 Å². The van der Waals surface area contributed by atoms with Gasteiger partial charge in [0.25, 0.3) is 0 Å². The molecule has 0 N–H and O–H groups in total. The summed E-state index contributed by atoms with van der Waals surface area (Å²) in [5.74, 6) is 0.980. The first kappa shape index (κ1) is 15.2. The molecule has 1 fully saturated rings. The summed E-state index contributed by atoms with van der Waals surface area (Å²) < 4.78 is 5.65. The first-order valence-corrected chi connectivity index (χ1v) is 8.08. The molecule has 1 aromatic rings. The molecule has 1 unspecified atom stereocenters. The lowest BCUT2D eigenvalue weighted by Gasteiger charge is -2.41. The minimum atomic E-state index is -0.112. The molecule has 108 valence electrons. The fourth-order valence-corrected chi connectivity index (χ4v) is 3.53. The molecule has 0 bridgehead atoms. The van der Waals surface area contributed by atoms with Gasteiger partial charge in [-0.1, -0.05) is 13.0 Å². The molecule has 0 spiro atoms. The summed E-state index contributed by atoms with van der Waals surface area (Å²) in [5.41, 5.74) is 1.74. The molecule has 3 nitrogen and oxygen atoms in total. The van der Waals surface area contributed by atoms with Crippen LogP contribution in [0.3, 0.4) is 0 Å². The van der Waals surface area contributed by atoms with Crippen molar-refractivity contribution in [2.75, 3.05) is 30.9 Å². The average Bonchev–Trinajstić information content (AvgIpc) is 2.47. The molecule has 0 saturated carbocycles. The van der Waals surface area contributed by atoms with Crippen LogP contribution in [-0.2, 0) is 4.74 Å². The van der Waals surface area contributed by atoms with E-state index in [1.54, 1.807) is 18.9 Å². The molecular weight excluding hydrogens is 268 g/mol. The molecule has 4 heteroatoms. The Bertz CT molecular complexity index is 512. The van der Waals surface area contributed by atoms with Crippen LogP contribution in [-0.4, -0.2) is 31.6 Å². The van der Waals surface area contributed by atoms with Crippen LogP contribution in [0.1, 0.15) is 32.3 Å². The highest BCUT2D eigenvalue weighted by Gasteiger charge is 2.31. The molecule has 1 heterocycles. The lowest BCUT2D eigenvalue weighted by atomic mass is 9.94. The lowest BCUT2D eigenvalue weighted by molar-refractivity contribution is -0.00466. The van der Waals surface area contributed by atoms with Crippen LogP contribution < -0.4 is 4.90 Å². The summed E-state index contributed by atoms with van der Waals surface area (Å²) in [7, 11) is 1.78. The van der Waals surface area contributed by atoms with Crippen molar-refractivity contribution in [1.82, 2.24) is 0 Å². The van der Waals surface area contributed by atoms with Crippen molar-refractivity contribution in [3.63, 3.8) is 0 Å². The highest BCUT2D eigenvalue weighted by atomic mass is 32.2. The van der Waals surface area contributed by atoms with E-state index in [1.807, 2.05) is 12.1 Å². The number of thioether (sulfide) groups is 1. The van der Waals surface area contributed by atoms with E-state index in [-0.39, 0.29) is 5.60 Å². The van der Waals surface area contributed by atoms with Crippen LogP contribution in [0.5, 0.6) is 0 Å². The van der Waals surface area contributed by atoms with Gasteiger partial charge in [0.1, 0.15) is 6.07 Å². The number of rotatable bonds is 4. The van der Waals surface area contributed by atoms with Crippen molar-refractivity contribution in [2.45, 2.75) is 37.2 Å². The zero-order chi connectivity index (χ0) is 14.6. The number of benzene rings is 1. The predicted octanol–water partition coefficient (Wildman–Crippen LogP) is 3.68. The highest BCUT2D eigenvalue weighted by Crippen LogP contribution is 2.34. The van der Waals surface area contributed by atoms with Crippen LogP contribution in [0, 0.1) is 11.3 Å². The zero-order valence-corrected chi connectivity index (χ0v) is 13.3. The summed E-state index contributed by atoms with van der Waals surface area (Å²) in [6.07, 6.45) is 2.17. The van der Waals surface area contributed by atoms with Crippen molar-refractivity contribution in [1.29, 1.82) is 5.26 Å². The third kappa shape index (κ3) is 3.11. The van der Waals surface area contributed by atoms with Gasteiger partial charge < -0.3 is 9.64 Å². The van der Waals surface area contributed by atoms with Crippen LogP contribution in [0.15, 0.2) is 23.1 Å². The normalized spacial score (nSPS) is 22.6. The van der Waals surface area contributed by atoms with Gasteiger partial charge in [-0.2, -0.15) is 5.26 Å². The monoisotopic (exact) mass is 290 g/mol. The standard InChI is InChI=1S/C16H22N2OS/c1-4-20-15-8-5-7-14(13(15)11-17)18-10-6-9-16(2,12-18)19-3/h5,7-8H,4,6,9-10,12H2,1-3H3. The molecule has 0 aliphatic carbocycles. The maximum atomic E-state index is 9.52. The van der Waals surface area contributed by atoms with Gasteiger partial charge in [0, 0.05) is 25.1 Å². The quantitative estimate of drug-likeness (QED) is 0.793. The Labute approximate surface area is 125 Å². The lowest BCUT2D eigenvalue weighted by Crippen LogP contribution is -2.47. The van der Waals surface area contributed by atoms with Gasteiger partial charge in [0.15, 0.2) is 0 Å². The fraction of sp³-hybridized carbons (Fsp3) is 0.562. The van der Waals surface area contributed by atoms with E-state index >= 15 is 0 Å². The van der Waals surface area contributed by atoms with Gasteiger partial charge in [0.05, 0.1) is 16.9 Å². The summed E-state index contributed by atoms with van der Waals surface area (Å²) in [6, 6.07) is 8.53. The Morgan fingerprint density at radius 2 is 2.30 bits per heavy atom. The maximum absolute atomic E-state index is 9.52. The summed E-state index contributed by atoms with van der Waals surface area (Å²) >= 11 is 1.73. The molecular formula is C16H22N2OS. The van der Waals surface area contributed by atoms with Gasteiger partial charge in [-0.25, -0.2) is 0 Å². The van der Waals surface area contributed by atoms with Gasteiger partial charge in [0.2, 0.25) is 0 Å². The number of piperidine rings is 1. The number of nitrogens with zero attached hydrogens (tertiary/aromatic N) is 2. The Morgan fingerprint density at radius 3 is 2.95 bits per heavy atom. The van der Waals surface area contributed by atoms with Gasteiger partial charge in [-0.3, -0.25) is 0 Å². The summed E-state index contributed by atoms with van der Waals surface area (Å²) in [4.78, 5) is 3.38. The highest BCUT2D eigenvalue weighted by molar-refractivity contribution is 7.99. The van der Waals surface area contributed by atoms with E-state index in [1.165, 1.54) is 0 Å². The summed E-state index contributed by atoms with van der Waals surface area (Å²) in [6.45, 7) is 6.10. The van der Waals surface area contributed by atoms with Crippen molar-refractivity contribution in [3.8, 4) is 6.07 Å². The van der Waals surface area contributed by atoms with E-state index in [2.05, 4.69) is 30.9 Å². The number of ether oxygens (including phenoxy) is 1. The zero-order valence-electron chi connectivity index (χ0n) is 12.5. The molecule has 1 aromatic carbocycles. The number of methoxy groups -OCH3 is 1. The smallest absolute Gasteiger partial charge is 0.103 e. The second-order valence-corrected chi connectivity index (χ2v) is 6.68. The maximum Gasteiger partial charge on any atom is 0.103 e. The van der Waals surface area contributed by atoms with E-state index in [0.29, 0.717) is 0 Å². The third-order valence-corrected chi connectivity index (χ3v) is 4.85. The molecule has 0 aromatic heterocycles. The molecule has 1 saturated heterocycles. The van der Waals surface area contributed by atoms with Crippen LogP contribution in [0.4, 0.5) is 5.69 Å². The van der Waals surface area contributed by atoms with Gasteiger partial charge in [-0.05, 0) is 37.7 Å².